The number of aromatic nitrogens is 2. The van der Waals surface area contributed by atoms with Crippen LogP contribution in [0.3, 0.4) is 0 Å². The highest BCUT2D eigenvalue weighted by Gasteiger charge is 2.25. The fourth-order valence-electron chi connectivity index (χ4n) is 2.42. The van der Waals surface area contributed by atoms with Gasteiger partial charge in [0.05, 0.1) is 12.6 Å². The average Bonchev–Trinajstić information content (AvgIpc) is 2.58. The molecule has 1 aliphatic rings. The standard InChI is InChI=1S/C16H16ClN3O4/c1-2-23-13(21)7-20-9-18-15-14(16(20)22)19-12(8-24-15)10-3-5-11(17)6-4-10/h3-6,9,12,19H,2,7-8H2,1H3/t12-/m0/s1. The van der Waals surface area contributed by atoms with Gasteiger partial charge in [-0.25, -0.2) is 4.98 Å². The maximum atomic E-state index is 12.5. The minimum atomic E-state index is -0.493. The third-order valence-electron chi connectivity index (χ3n) is 3.59. The largest absolute Gasteiger partial charge is 0.473 e. The third-order valence-corrected chi connectivity index (χ3v) is 3.84. The van der Waals surface area contributed by atoms with E-state index >= 15 is 0 Å². The van der Waals surface area contributed by atoms with Crippen LogP contribution in [0, 0.1) is 0 Å². The molecular weight excluding hydrogens is 334 g/mol. The number of nitrogens with zero attached hydrogens (tertiary/aromatic N) is 2. The SMILES string of the molecule is CCOC(=O)Cn1cnc2c(c1=O)N[C@H](c1ccc(Cl)cc1)CO2. The topological polar surface area (TPSA) is 82.5 Å². The van der Waals surface area contributed by atoms with E-state index in [1.807, 2.05) is 12.1 Å². The first-order valence-electron chi connectivity index (χ1n) is 7.48. The molecular formula is C16H16ClN3O4. The van der Waals surface area contributed by atoms with Crippen molar-refractivity contribution in [2.24, 2.45) is 0 Å². The molecule has 0 saturated heterocycles. The summed E-state index contributed by atoms with van der Waals surface area (Å²) in [5.74, 6) is -0.266. The van der Waals surface area contributed by atoms with Gasteiger partial charge in [0.1, 0.15) is 19.5 Å². The number of hydrogen-bond donors (Lipinski definition) is 1. The van der Waals surface area contributed by atoms with Gasteiger partial charge >= 0.3 is 5.97 Å². The summed E-state index contributed by atoms with van der Waals surface area (Å²) in [5, 5.41) is 3.76. The van der Waals surface area contributed by atoms with Crippen molar-refractivity contribution in [2.45, 2.75) is 19.5 Å². The zero-order chi connectivity index (χ0) is 17.1. The van der Waals surface area contributed by atoms with Gasteiger partial charge < -0.3 is 14.8 Å². The fraction of sp³-hybridized carbons (Fsp3) is 0.312. The van der Waals surface area contributed by atoms with Gasteiger partial charge in [-0.2, -0.15) is 0 Å². The molecule has 0 radical (unpaired) electrons. The number of benzene rings is 1. The van der Waals surface area contributed by atoms with Gasteiger partial charge in [0.25, 0.3) is 5.56 Å². The molecule has 1 aromatic carbocycles. The van der Waals surface area contributed by atoms with Crippen LogP contribution in [0.4, 0.5) is 5.69 Å². The summed E-state index contributed by atoms with van der Waals surface area (Å²) in [5.41, 5.74) is 0.782. The molecule has 0 fully saturated rings. The molecule has 24 heavy (non-hydrogen) atoms. The highest BCUT2D eigenvalue weighted by Crippen LogP contribution is 2.29. The number of esters is 1. The van der Waals surface area contributed by atoms with E-state index in [9.17, 15) is 9.59 Å². The van der Waals surface area contributed by atoms with Gasteiger partial charge in [0, 0.05) is 5.02 Å². The molecule has 126 valence electrons. The number of halogens is 1. The van der Waals surface area contributed by atoms with Crippen LogP contribution in [0.25, 0.3) is 0 Å². The van der Waals surface area contributed by atoms with Crippen molar-refractivity contribution in [1.82, 2.24) is 9.55 Å². The van der Waals surface area contributed by atoms with Crippen molar-refractivity contribution in [2.75, 3.05) is 18.5 Å². The summed E-state index contributed by atoms with van der Waals surface area (Å²) < 4.78 is 11.6. The van der Waals surface area contributed by atoms with Crippen LogP contribution < -0.4 is 15.6 Å². The van der Waals surface area contributed by atoms with Gasteiger partial charge in [-0.1, -0.05) is 23.7 Å². The lowest BCUT2D eigenvalue weighted by Gasteiger charge is -2.26. The van der Waals surface area contributed by atoms with Crippen LogP contribution in [-0.4, -0.2) is 28.7 Å². The Labute approximate surface area is 143 Å². The zero-order valence-electron chi connectivity index (χ0n) is 13.0. The predicted molar refractivity (Wildman–Crippen MR) is 88.4 cm³/mol. The van der Waals surface area contributed by atoms with Gasteiger partial charge in [0.2, 0.25) is 5.88 Å². The Kier molecular flexibility index (Phi) is 4.71. The van der Waals surface area contributed by atoms with E-state index in [1.54, 1.807) is 19.1 Å². The quantitative estimate of drug-likeness (QED) is 0.850. The van der Waals surface area contributed by atoms with Gasteiger partial charge in [-0.3, -0.25) is 14.2 Å². The smallest absolute Gasteiger partial charge is 0.326 e. The highest BCUT2D eigenvalue weighted by molar-refractivity contribution is 6.30. The van der Waals surface area contributed by atoms with Crippen LogP contribution in [0.1, 0.15) is 18.5 Å². The van der Waals surface area contributed by atoms with Crippen LogP contribution in [0.2, 0.25) is 5.02 Å². The van der Waals surface area contributed by atoms with Crippen LogP contribution in [0.5, 0.6) is 5.88 Å². The molecule has 0 bridgehead atoms. The Morgan fingerprint density at radius 3 is 2.92 bits per heavy atom. The molecule has 0 unspecified atom stereocenters. The molecule has 2 aromatic rings. The second kappa shape index (κ2) is 6.92. The molecule has 0 saturated carbocycles. The minimum absolute atomic E-state index is 0.194. The average molecular weight is 350 g/mol. The first-order chi connectivity index (χ1) is 11.6. The van der Waals surface area contributed by atoms with E-state index in [0.717, 1.165) is 5.56 Å². The predicted octanol–water partition coefficient (Wildman–Crippen LogP) is 2.01. The summed E-state index contributed by atoms with van der Waals surface area (Å²) in [4.78, 5) is 28.2. The van der Waals surface area contributed by atoms with Crippen LogP contribution in [-0.2, 0) is 16.1 Å². The van der Waals surface area contributed by atoms with Crippen LogP contribution in [0.15, 0.2) is 35.4 Å². The van der Waals surface area contributed by atoms with Crippen molar-refractivity contribution in [1.29, 1.82) is 0 Å². The van der Waals surface area contributed by atoms with E-state index < -0.39 is 5.97 Å². The number of rotatable bonds is 4. The molecule has 1 aliphatic heterocycles. The summed E-state index contributed by atoms with van der Waals surface area (Å²) >= 11 is 5.89. The Bertz CT molecular complexity index is 804. The summed E-state index contributed by atoms with van der Waals surface area (Å²) in [6.07, 6.45) is 1.28. The molecule has 7 nitrogen and oxygen atoms in total. The minimum Gasteiger partial charge on any atom is -0.473 e. The highest BCUT2D eigenvalue weighted by atomic mass is 35.5. The van der Waals surface area contributed by atoms with Gasteiger partial charge in [-0.15, -0.1) is 0 Å². The Hall–Kier alpha value is -2.54. The second-order valence-corrected chi connectivity index (χ2v) is 5.66. The Balaban J connectivity index is 1.85. The number of fused-ring (bicyclic) bond motifs is 1. The van der Waals surface area contributed by atoms with E-state index in [-0.39, 0.29) is 36.3 Å². The van der Waals surface area contributed by atoms with E-state index in [1.165, 1.54) is 10.9 Å². The molecule has 8 heteroatoms. The molecule has 0 aliphatic carbocycles. The van der Waals surface area contributed by atoms with Crippen molar-refractivity contribution < 1.29 is 14.3 Å². The number of carbonyl (C=O) groups excluding carboxylic acids is 1. The molecule has 1 N–H and O–H groups in total. The van der Waals surface area contributed by atoms with E-state index in [0.29, 0.717) is 11.6 Å². The molecule has 0 spiro atoms. The zero-order valence-corrected chi connectivity index (χ0v) is 13.7. The number of hydrogen-bond acceptors (Lipinski definition) is 6. The van der Waals surface area contributed by atoms with Crippen molar-refractivity contribution in [3.05, 3.63) is 51.5 Å². The molecule has 0 amide bonds. The molecule has 2 heterocycles. The Morgan fingerprint density at radius 1 is 1.46 bits per heavy atom. The maximum Gasteiger partial charge on any atom is 0.326 e. The van der Waals surface area contributed by atoms with E-state index in [2.05, 4.69) is 10.3 Å². The number of nitrogens with one attached hydrogen (secondary N) is 1. The van der Waals surface area contributed by atoms with Gasteiger partial charge in [-0.05, 0) is 24.6 Å². The molecule has 3 rings (SSSR count). The lowest BCUT2D eigenvalue weighted by molar-refractivity contribution is -0.143. The van der Waals surface area contributed by atoms with Crippen molar-refractivity contribution in [3.8, 4) is 5.88 Å². The lowest BCUT2D eigenvalue weighted by atomic mass is 10.1. The lowest BCUT2D eigenvalue weighted by Crippen LogP contribution is -2.34. The number of ether oxygens (including phenoxy) is 2. The normalized spacial score (nSPS) is 15.8. The first kappa shape index (κ1) is 16.3. The molecule has 1 aromatic heterocycles. The summed E-state index contributed by atoms with van der Waals surface area (Å²) in [6.45, 7) is 2.10. The van der Waals surface area contributed by atoms with Crippen molar-refractivity contribution >= 4 is 23.3 Å². The fourth-order valence-corrected chi connectivity index (χ4v) is 2.54. The summed E-state index contributed by atoms with van der Waals surface area (Å²) in [7, 11) is 0. The maximum absolute atomic E-state index is 12.5. The third kappa shape index (κ3) is 3.35. The van der Waals surface area contributed by atoms with Gasteiger partial charge in [0.15, 0.2) is 5.69 Å². The number of anilines is 1. The number of carbonyl (C=O) groups is 1. The Morgan fingerprint density at radius 2 is 2.21 bits per heavy atom. The summed E-state index contributed by atoms with van der Waals surface area (Å²) in [6, 6.07) is 7.07. The first-order valence-corrected chi connectivity index (χ1v) is 7.86. The second-order valence-electron chi connectivity index (χ2n) is 5.22. The van der Waals surface area contributed by atoms with E-state index in [4.69, 9.17) is 21.1 Å². The van der Waals surface area contributed by atoms with Crippen molar-refractivity contribution in [3.63, 3.8) is 0 Å². The molecule has 1 atom stereocenters. The monoisotopic (exact) mass is 349 g/mol. The van der Waals surface area contributed by atoms with Crippen LogP contribution >= 0.6 is 11.6 Å².